The minimum Gasteiger partial charge on any atom is -0.465 e. The Hall–Kier alpha value is -4.28. The van der Waals surface area contributed by atoms with E-state index in [0.29, 0.717) is 34.5 Å². The molecule has 0 aliphatic heterocycles. The van der Waals surface area contributed by atoms with Crippen molar-refractivity contribution in [2.75, 3.05) is 10.6 Å². The second-order valence-corrected chi connectivity index (χ2v) is 11.3. The van der Waals surface area contributed by atoms with Gasteiger partial charge in [-0.05, 0) is 94.4 Å². The lowest BCUT2D eigenvalue weighted by molar-refractivity contribution is 0.104. The van der Waals surface area contributed by atoms with Crippen molar-refractivity contribution >= 4 is 45.0 Å². The summed E-state index contributed by atoms with van der Waals surface area (Å²) in [5.41, 5.74) is 1.98. The maximum atomic E-state index is 12.7. The van der Waals surface area contributed by atoms with Gasteiger partial charge in [0.25, 0.3) is 0 Å². The highest BCUT2D eigenvalue weighted by atomic mass is 32.2. The molecule has 2 aromatic carbocycles. The Morgan fingerprint density at radius 1 is 0.974 bits per heavy atom. The first-order valence-electron chi connectivity index (χ1n) is 11.9. The van der Waals surface area contributed by atoms with E-state index in [-0.39, 0.29) is 10.7 Å². The molecule has 2 aromatic heterocycles. The Labute approximate surface area is 222 Å². The van der Waals surface area contributed by atoms with Gasteiger partial charge in [-0.1, -0.05) is 6.07 Å². The van der Waals surface area contributed by atoms with Gasteiger partial charge in [-0.3, -0.25) is 4.79 Å². The van der Waals surface area contributed by atoms with Gasteiger partial charge in [-0.25, -0.2) is 18.1 Å². The second-order valence-electron chi connectivity index (χ2n) is 9.65. The highest BCUT2D eigenvalue weighted by Crippen LogP contribution is 2.24. The van der Waals surface area contributed by atoms with E-state index < -0.39 is 15.6 Å². The van der Waals surface area contributed by atoms with Crippen molar-refractivity contribution in [3.63, 3.8) is 0 Å². The van der Waals surface area contributed by atoms with Gasteiger partial charge in [0.1, 0.15) is 11.6 Å². The lowest BCUT2D eigenvalue weighted by Gasteiger charge is -2.20. The number of sulfonamides is 1. The molecule has 0 fully saturated rings. The number of hydrogen-bond donors (Lipinski definition) is 3. The van der Waals surface area contributed by atoms with Crippen molar-refractivity contribution in [3.8, 4) is 0 Å². The third-order valence-electron chi connectivity index (χ3n) is 5.19. The number of aryl methyl sites for hydroxylation is 1. The smallest absolute Gasteiger partial charge is 0.241 e. The number of anilines is 4. The average Bonchev–Trinajstić information content (AvgIpc) is 3.38. The van der Waals surface area contributed by atoms with Crippen LogP contribution in [0.2, 0.25) is 0 Å². The van der Waals surface area contributed by atoms with Crippen LogP contribution in [0.15, 0.2) is 88.5 Å². The van der Waals surface area contributed by atoms with Crippen LogP contribution in [-0.4, -0.2) is 29.7 Å². The zero-order chi connectivity index (χ0) is 27.3. The molecule has 0 bridgehead atoms. The van der Waals surface area contributed by atoms with E-state index in [1.165, 1.54) is 6.08 Å². The maximum absolute atomic E-state index is 12.7. The van der Waals surface area contributed by atoms with Crippen LogP contribution in [0.5, 0.6) is 0 Å². The van der Waals surface area contributed by atoms with Gasteiger partial charge in [-0.2, -0.15) is 4.98 Å². The van der Waals surface area contributed by atoms with Crippen LogP contribution < -0.4 is 15.4 Å². The molecule has 0 unspecified atom stereocenters. The number of nitrogens with zero attached hydrogens (tertiary/aromatic N) is 2. The highest BCUT2D eigenvalue weighted by Gasteiger charge is 2.22. The molecule has 0 aliphatic rings. The fourth-order valence-corrected chi connectivity index (χ4v) is 4.92. The fraction of sp³-hybridized carbons (Fsp3) is 0.179. The summed E-state index contributed by atoms with van der Waals surface area (Å²) in [4.78, 5) is 21.4. The summed E-state index contributed by atoms with van der Waals surface area (Å²) in [7, 11) is -3.68. The molecule has 0 saturated heterocycles. The summed E-state index contributed by atoms with van der Waals surface area (Å²) >= 11 is 0. The van der Waals surface area contributed by atoms with Crippen molar-refractivity contribution in [2.45, 2.75) is 38.1 Å². The largest absolute Gasteiger partial charge is 0.465 e. The molecule has 4 aromatic rings. The summed E-state index contributed by atoms with van der Waals surface area (Å²) in [6.07, 6.45) is 6.29. The number of furan rings is 1. The number of allylic oxidation sites excluding steroid dienone is 1. The van der Waals surface area contributed by atoms with Crippen LogP contribution in [0.1, 0.15) is 42.5 Å². The van der Waals surface area contributed by atoms with E-state index in [2.05, 4.69) is 25.3 Å². The van der Waals surface area contributed by atoms with Crippen LogP contribution in [0.4, 0.5) is 23.1 Å². The van der Waals surface area contributed by atoms with E-state index in [9.17, 15) is 13.2 Å². The SMILES string of the molecule is Cc1cnc(Nc2ccc(C(=O)/C=C/c3ccco3)cc2)nc1Nc1cccc(S(=O)(=O)NC(C)(C)C)c1. The average molecular weight is 532 g/mol. The highest BCUT2D eigenvalue weighted by molar-refractivity contribution is 7.89. The number of aromatic nitrogens is 2. The molecule has 10 heteroatoms. The summed E-state index contributed by atoms with van der Waals surface area (Å²) in [5.74, 6) is 1.32. The molecule has 9 nitrogen and oxygen atoms in total. The second kappa shape index (κ2) is 11.0. The molecule has 196 valence electrons. The molecule has 38 heavy (non-hydrogen) atoms. The van der Waals surface area contributed by atoms with Gasteiger partial charge in [0.15, 0.2) is 5.78 Å². The first kappa shape index (κ1) is 26.8. The van der Waals surface area contributed by atoms with E-state index >= 15 is 0 Å². The van der Waals surface area contributed by atoms with Gasteiger partial charge in [0.05, 0.1) is 11.2 Å². The zero-order valence-corrected chi connectivity index (χ0v) is 22.3. The topological polar surface area (TPSA) is 126 Å². The minimum absolute atomic E-state index is 0.145. The summed E-state index contributed by atoms with van der Waals surface area (Å²) < 4.78 is 33.3. The molecular formula is C28H29N5O4S. The summed E-state index contributed by atoms with van der Waals surface area (Å²) in [6.45, 7) is 7.22. The van der Waals surface area contributed by atoms with E-state index in [4.69, 9.17) is 4.42 Å². The first-order valence-corrected chi connectivity index (χ1v) is 13.3. The standard InChI is InChI=1S/C28H29N5O4S/c1-19-18-29-27(31-21-12-10-20(11-13-21)25(34)15-14-23-8-6-16-37-23)32-26(19)30-22-7-5-9-24(17-22)38(35,36)33-28(2,3)4/h5-18,33H,1-4H3,(H2,29,30,31,32)/b15-14+. The minimum atomic E-state index is -3.68. The Balaban J connectivity index is 1.46. The third kappa shape index (κ3) is 7.15. The van der Waals surface area contributed by atoms with Gasteiger partial charge in [-0.15, -0.1) is 0 Å². The van der Waals surface area contributed by atoms with Crippen molar-refractivity contribution in [1.29, 1.82) is 0 Å². The Morgan fingerprint density at radius 3 is 2.42 bits per heavy atom. The van der Waals surface area contributed by atoms with Gasteiger partial charge < -0.3 is 15.1 Å². The molecule has 2 heterocycles. The number of rotatable bonds is 9. The molecule has 0 aliphatic carbocycles. The number of carbonyl (C=O) groups is 1. The Morgan fingerprint density at radius 2 is 1.74 bits per heavy atom. The first-order chi connectivity index (χ1) is 18.0. The van der Waals surface area contributed by atoms with Crippen LogP contribution >= 0.6 is 0 Å². The Kier molecular flexibility index (Phi) is 7.75. The van der Waals surface area contributed by atoms with Crippen molar-refractivity contribution in [1.82, 2.24) is 14.7 Å². The predicted octanol–water partition coefficient (Wildman–Crippen LogP) is 5.84. The fourth-order valence-electron chi connectivity index (χ4n) is 3.46. The lowest BCUT2D eigenvalue weighted by Crippen LogP contribution is -2.40. The van der Waals surface area contributed by atoms with Crippen LogP contribution in [0.25, 0.3) is 6.08 Å². The maximum Gasteiger partial charge on any atom is 0.241 e. The van der Waals surface area contributed by atoms with Crippen LogP contribution in [-0.2, 0) is 10.0 Å². The summed E-state index contributed by atoms with van der Waals surface area (Å²) in [6, 6.07) is 17.0. The third-order valence-corrected chi connectivity index (χ3v) is 6.94. The normalized spacial score (nSPS) is 12.0. The van der Waals surface area contributed by atoms with Gasteiger partial charge in [0.2, 0.25) is 16.0 Å². The molecule has 0 amide bonds. The Bertz CT molecular complexity index is 1560. The summed E-state index contributed by atoms with van der Waals surface area (Å²) in [5, 5.41) is 6.31. The number of carbonyl (C=O) groups excluding carboxylic acids is 1. The molecule has 3 N–H and O–H groups in total. The van der Waals surface area contributed by atoms with E-state index in [1.807, 2.05) is 6.92 Å². The molecule has 0 spiro atoms. The van der Waals surface area contributed by atoms with Gasteiger partial charge in [0, 0.05) is 34.2 Å². The molecule has 0 atom stereocenters. The van der Waals surface area contributed by atoms with Crippen molar-refractivity contribution in [3.05, 3.63) is 96.1 Å². The van der Waals surface area contributed by atoms with Gasteiger partial charge >= 0.3 is 0 Å². The quantitative estimate of drug-likeness (QED) is 0.182. The zero-order valence-electron chi connectivity index (χ0n) is 21.5. The number of benzene rings is 2. The lowest BCUT2D eigenvalue weighted by atomic mass is 10.1. The van der Waals surface area contributed by atoms with E-state index in [1.54, 1.807) is 100.0 Å². The number of ketones is 1. The van der Waals surface area contributed by atoms with E-state index in [0.717, 1.165) is 5.56 Å². The van der Waals surface area contributed by atoms with Crippen molar-refractivity contribution < 1.29 is 17.6 Å². The predicted molar refractivity (Wildman–Crippen MR) is 148 cm³/mol. The van der Waals surface area contributed by atoms with Crippen molar-refractivity contribution in [2.24, 2.45) is 0 Å². The molecule has 4 rings (SSSR count). The molecule has 0 radical (unpaired) electrons. The number of hydrogen-bond acceptors (Lipinski definition) is 8. The molecular weight excluding hydrogens is 502 g/mol. The van der Waals surface area contributed by atoms with Crippen LogP contribution in [0, 0.1) is 6.92 Å². The molecule has 0 saturated carbocycles. The van der Waals surface area contributed by atoms with Crippen LogP contribution in [0.3, 0.4) is 0 Å². The monoisotopic (exact) mass is 531 g/mol. The number of nitrogens with one attached hydrogen (secondary N) is 3.